The molecule has 3 aromatic carbocycles. The molecule has 0 saturated carbocycles. The Hall–Kier alpha value is -4.08. The molecular formula is C25H17ClFN3O4S. The summed E-state index contributed by atoms with van der Waals surface area (Å²) < 4.78 is 19.7. The van der Waals surface area contributed by atoms with Crippen LogP contribution in [-0.4, -0.2) is 30.5 Å². The van der Waals surface area contributed by atoms with E-state index in [4.69, 9.17) is 16.3 Å². The molecule has 0 aliphatic carbocycles. The molecule has 0 radical (unpaired) electrons. The summed E-state index contributed by atoms with van der Waals surface area (Å²) in [7, 11) is 0. The number of carbonyl (C=O) groups is 3. The van der Waals surface area contributed by atoms with Gasteiger partial charge in [-0.1, -0.05) is 41.9 Å². The number of hydrogen-bond donors (Lipinski definition) is 2. The molecule has 2 amide bonds. The van der Waals surface area contributed by atoms with E-state index in [2.05, 4.69) is 15.8 Å². The minimum atomic E-state index is -0.809. The fourth-order valence-corrected chi connectivity index (χ4v) is 4.46. The van der Waals surface area contributed by atoms with Gasteiger partial charge in [-0.15, -0.1) is 11.3 Å². The second-order valence-corrected chi connectivity index (χ2v) is 8.59. The fraction of sp³-hybridized carbons (Fsp3) is 0.0400. The molecule has 0 fully saturated rings. The maximum Gasteiger partial charge on any atom is 0.346 e. The van der Waals surface area contributed by atoms with Crippen molar-refractivity contribution in [2.75, 3.05) is 6.54 Å². The van der Waals surface area contributed by atoms with Crippen LogP contribution >= 0.6 is 22.9 Å². The van der Waals surface area contributed by atoms with Gasteiger partial charge in [0.15, 0.2) is 0 Å². The molecule has 1 heterocycles. The van der Waals surface area contributed by atoms with Crippen molar-refractivity contribution in [2.45, 2.75) is 0 Å². The number of benzene rings is 3. The molecule has 0 atom stereocenters. The van der Waals surface area contributed by atoms with Crippen molar-refractivity contribution in [2.24, 2.45) is 5.10 Å². The maximum absolute atomic E-state index is 13.7. The number of hydrazone groups is 1. The Bertz CT molecular complexity index is 1440. The van der Waals surface area contributed by atoms with Crippen LogP contribution in [0.5, 0.6) is 5.75 Å². The molecule has 0 spiro atoms. The molecule has 7 nitrogen and oxygen atoms in total. The van der Waals surface area contributed by atoms with E-state index in [1.807, 2.05) is 24.3 Å². The number of carbonyl (C=O) groups excluding carboxylic acids is 3. The summed E-state index contributed by atoms with van der Waals surface area (Å²) in [5.41, 5.74) is 2.76. The third-order valence-electron chi connectivity index (χ3n) is 4.74. The Kier molecular flexibility index (Phi) is 7.49. The first-order chi connectivity index (χ1) is 16.9. The van der Waals surface area contributed by atoms with E-state index < -0.39 is 23.6 Å². The molecule has 4 rings (SSSR count). The van der Waals surface area contributed by atoms with Crippen molar-refractivity contribution in [3.63, 3.8) is 0 Å². The largest absolute Gasteiger partial charge is 0.423 e. The minimum absolute atomic E-state index is 0.164. The number of nitrogens with zero attached hydrogens (tertiary/aromatic N) is 1. The van der Waals surface area contributed by atoms with Crippen molar-refractivity contribution in [1.82, 2.24) is 10.7 Å². The number of rotatable bonds is 7. The third-order valence-corrected chi connectivity index (χ3v) is 6.41. The third kappa shape index (κ3) is 5.89. The number of nitrogens with one attached hydrogen (secondary N) is 2. The quantitative estimate of drug-likeness (QED) is 0.162. The first-order valence-electron chi connectivity index (χ1n) is 10.3. The number of ether oxygens (including phenoxy) is 1. The molecule has 0 aliphatic rings. The lowest BCUT2D eigenvalue weighted by atomic mass is 10.2. The van der Waals surface area contributed by atoms with E-state index in [-0.39, 0.29) is 17.9 Å². The van der Waals surface area contributed by atoms with Gasteiger partial charge in [-0.3, -0.25) is 9.59 Å². The lowest BCUT2D eigenvalue weighted by Crippen LogP contribution is -2.34. The van der Waals surface area contributed by atoms with E-state index in [9.17, 15) is 18.8 Å². The predicted octanol–water partition coefficient (Wildman–Crippen LogP) is 4.79. The second-order valence-electron chi connectivity index (χ2n) is 7.16. The maximum atomic E-state index is 13.7. The highest BCUT2D eigenvalue weighted by Gasteiger charge is 2.17. The van der Waals surface area contributed by atoms with Gasteiger partial charge in [0, 0.05) is 10.1 Å². The van der Waals surface area contributed by atoms with Crippen LogP contribution in [0.2, 0.25) is 5.02 Å². The summed E-state index contributed by atoms with van der Waals surface area (Å²) in [4.78, 5) is 36.8. The summed E-state index contributed by atoms with van der Waals surface area (Å²) in [6.45, 7) is -0.286. The van der Waals surface area contributed by atoms with Gasteiger partial charge < -0.3 is 10.1 Å². The topological polar surface area (TPSA) is 96.9 Å². The van der Waals surface area contributed by atoms with Crippen LogP contribution in [0.3, 0.4) is 0 Å². The fourth-order valence-electron chi connectivity index (χ4n) is 3.03. The van der Waals surface area contributed by atoms with E-state index in [1.165, 1.54) is 53.9 Å². The van der Waals surface area contributed by atoms with E-state index in [0.29, 0.717) is 15.5 Å². The number of thiophene rings is 1. The van der Waals surface area contributed by atoms with E-state index in [1.54, 1.807) is 12.1 Å². The average Bonchev–Trinajstić information content (AvgIpc) is 3.20. The number of esters is 1. The van der Waals surface area contributed by atoms with Gasteiger partial charge in [0.05, 0.1) is 23.3 Å². The first kappa shape index (κ1) is 24.1. The first-order valence-corrected chi connectivity index (χ1v) is 11.5. The van der Waals surface area contributed by atoms with Gasteiger partial charge in [-0.05, 0) is 48.0 Å². The van der Waals surface area contributed by atoms with Crippen LogP contribution in [0.15, 0.2) is 77.9 Å². The van der Waals surface area contributed by atoms with Gasteiger partial charge in [0.1, 0.15) is 16.4 Å². The second kappa shape index (κ2) is 10.9. The molecule has 0 bridgehead atoms. The predicted molar refractivity (Wildman–Crippen MR) is 133 cm³/mol. The Labute approximate surface area is 208 Å². The average molecular weight is 510 g/mol. The highest BCUT2D eigenvalue weighted by molar-refractivity contribution is 7.21. The molecule has 1 aromatic heterocycles. The highest BCUT2D eigenvalue weighted by Crippen LogP contribution is 2.34. The summed E-state index contributed by atoms with van der Waals surface area (Å²) in [6.07, 6.45) is 1.38. The van der Waals surface area contributed by atoms with Gasteiger partial charge in [-0.2, -0.15) is 5.10 Å². The standard InChI is InChI=1S/C25H17ClFN3O4S/c26-22-18-6-2-4-8-20(18)35-23(22)24(32)28-14-21(31)30-29-13-15-9-11-16(12-10-15)34-25(33)17-5-1-3-7-19(17)27/h1-13H,14H2,(H,28,32)(H,30,31). The number of fused-ring (bicyclic) bond motifs is 1. The Morgan fingerprint density at radius 1 is 1.00 bits per heavy atom. The van der Waals surface area contributed by atoms with E-state index in [0.717, 1.165) is 10.1 Å². The number of amides is 2. The number of hydrogen-bond acceptors (Lipinski definition) is 6. The van der Waals surface area contributed by atoms with Crippen LogP contribution in [0.25, 0.3) is 10.1 Å². The molecule has 35 heavy (non-hydrogen) atoms. The Morgan fingerprint density at radius 2 is 1.71 bits per heavy atom. The summed E-state index contributed by atoms with van der Waals surface area (Å²) in [6, 6.07) is 19.1. The molecule has 10 heteroatoms. The monoisotopic (exact) mass is 509 g/mol. The molecular weight excluding hydrogens is 493 g/mol. The molecule has 0 aliphatic heterocycles. The summed E-state index contributed by atoms with van der Waals surface area (Å²) in [5, 5.41) is 7.49. The van der Waals surface area contributed by atoms with Crippen LogP contribution in [0, 0.1) is 5.82 Å². The number of halogens is 2. The van der Waals surface area contributed by atoms with Gasteiger partial charge in [-0.25, -0.2) is 14.6 Å². The Balaban J connectivity index is 1.26. The smallest absolute Gasteiger partial charge is 0.346 e. The van der Waals surface area contributed by atoms with Crippen molar-refractivity contribution < 1.29 is 23.5 Å². The van der Waals surface area contributed by atoms with Crippen LogP contribution < -0.4 is 15.5 Å². The van der Waals surface area contributed by atoms with Gasteiger partial charge >= 0.3 is 5.97 Å². The Morgan fingerprint density at radius 3 is 2.46 bits per heavy atom. The lowest BCUT2D eigenvalue weighted by Gasteiger charge is -2.05. The van der Waals surface area contributed by atoms with Crippen molar-refractivity contribution >= 4 is 57.0 Å². The highest BCUT2D eigenvalue weighted by atomic mass is 35.5. The van der Waals surface area contributed by atoms with Crippen molar-refractivity contribution in [3.05, 3.63) is 99.6 Å². The zero-order chi connectivity index (χ0) is 24.8. The van der Waals surface area contributed by atoms with Crippen molar-refractivity contribution in [1.29, 1.82) is 0 Å². The van der Waals surface area contributed by atoms with Crippen LogP contribution in [0.4, 0.5) is 4.39 Å². The minimum Gasteiger partial charge on any atom is -0.423 e. The summed E-state index contributed by atoms with van der Waals surface area (Å²) >= 11 is 7.52. The molecule has 2 N–H and O–H groups in total. The zero-order valence-corrected chi connectivity index (χ0v) is 19.5. The molecule has 4 aromatic rings. The zero-order valence-electron chi connectivity index (χ0n) is 18.0. The lowest BCUT2D eigenvalue weighted by molar-refractivity contribution is -0.120. The van der Waals surface area contributed by atoms with Crippen LogP contribution in [-0.2, 0) is 4.79 Å². The summed E-state index contributed by atoms with van der Waals surface area (Å²) in [5.74, 6) is -2.23. The molecule has 0 saturated heterocycles. The van der Waals surface area contributed by atoms with E-state index >= 15 is 0 Å². The SMILES string of the molecule is O=C(CNC(=O)c1sc2ccccc2c1Cl)NN=Cc1ccc(OC(=O)c2ccccc2F)cc1. The van der Waals surface area contributed by atoms with Gasteiger partial charge in [0.2, 0.25) is 0 Å². The molecule has 0 unspecified atom stereocenters. The van der Waals surface area contributed by atoms with Crippen molar-refractivity contribution in [3.8, 4) is 5.75 Å². The van der Waals surface area contributed by atoms with Crippen LogP contribution in [0.1, 0.15) is 25.6 Å². The van der Waals surface area contributed by atoms with Gasteiger partial charge in [0.25, 0.3) is 11.8 Å². The molecule has 176 valence electrons. The normalized spacial score (nSPS) is 10.9.